The molecule has 0 spiro atoms. The van der Waals surface area contributed by atoms with Gasteiger partial charge in [-0.15, -0.1) is 0 Å². The molecule has 0 atom stereocenters. The lowest BCUT2D eigenvalue weighted by molar-refractivity contribution is 0.0737. The van der Waals surface area contributed by atoms with E-state index in [0.717, 1.165) is 5.39 Å². The average molecular weight is 463 g/mol. The fourth-order valence-corrected chi connectivity index (χ4v) is 3.84. The maximum absolute atomic E-state index is 13.3. The van der Waals surface area contributed by atoms with Crippen LogP contribution in [0.5, 0.6) is 17.2 Å². The highest BCUT2D eigenvalue weighted by Crippen LogP contribution is 2.34. The maximum atomic E-state index is 13.3. The van der Waals surface area contributed by atoms with Crippen LogP contribution in [0.1, 0.15) is 10.4 Å². The van der Waals surface area contributed by atoms with Crippen molar-refractivity contribution in [2.75, 3.05) is 11.5 Å². The first-order valence-corrected chi connectivity index (χ1v) is 10.8. The number of anilines is 2. The number of nitrogen functional groups attached to an aromatic ring is 2. The fraction of sp³-hybridized carbons (Fsp3) is 0. The molecule has 5 aromatic rings. The number of nitrogens with zero attached hydrogens (tertiary/aromatic N) is 1. The van der Waals surface area contributed by atoms with E-state index in [2.05, 4.69) is 4.98 Å². The van der Waals surface area contributed by atoms with E-state index in [1.165, 1.54) is 12.1 Å². The van der Waals surface area contributed by atoms with Crippen molar-refractivity contribution in [3.8, 4) is 39.5 Å². The minimum atomic E-state index is -0.578. The predicted octanol–water partition coefficient (Wildman–Crippen LogP) is 5.36. The summed E-state index contributed by atoms with van der Waals surface area (Å²) in [6.07, 6.45) is 1.64. The highest BCUT2D eigenvalue weighted by molar-refractivity contribution is 5.97. The molecule has 0 aliphatic heterocycles. The van der Waals surface area contributed by atoms with Gasteiger partial charge in [-0.3, -0.25) is 4.98 Å². The van der Waals surface area contributed by atoms with Gasteiger partial charge in [0.25, 0.3) is 0 Å². The minimum absolute atomic E-state index is 0.0658. The zero-order valence-electron chi connectivity index (χ0n) is 18.5. The number of para-hydroxylation sites is 1. The van der Waals surface area contributed by atoms with E-state index < -0.39 is 5.97 Å². The van der Waals surface area contributed by atoms with Crippen LogP contribution in [0.15, 0.2) is 91.1 Å². The van der Waals surface area contributed by atoms with Gasteiger partial charge in [0.15, 0.2) is 5.75 Å². The van der Waals surface area contributed by atoms with Crippen LogP contribution in [0.2, 0.25) is 0 Å². The molecule has 5 rings (SSSR count). The summed E-state index contributed by atoms with van der Waals surface area (Å²) in [5.41, 5.74) is 15.5. The van der Waals surface area contributed by atoms with E-state index in [1.807, 2.05) is 24.3 Å². The third kappa shape index (κ3) is 4.30. The molecule has 0 unspecified atom stereocenters. The standard InChI is InChI=1S/C28H21N3O4/c29-22-8-6-17(14-24(22)32)19-11-20(18-7-9-23(30)25(33)15-18)13-21(12-19)28(34)35-26-5-1-3-16-4-2-10-31-27(16)26/h1-15,32-33H,29-30H2. The van der Waals surface area contributed by atoms with E-state index >= 15 is 0 Å². The quantitative estimate of drug-likeness (QED) is 0.122. The van der Waals surface area contributed by atoms with Gasteiger partial charge in [-0.1, -0.05) is 30.3 Å². The summed E-state index contributed by atoms with van der Waals surface area (Å²) < 4.78 is 5.74. The molecule has 1 aromatic heterocycles. The Bertz CT molecular complexity index is 1520. The summed E-state index contributed by atoms with van der Waals surface area (Å²) in [5, 5.41) is 21.1. The zero-order valence-corrected chi connectivity index (χ0v) is 18.5. The minimum Gasteiger partial charge on any atom is -0.506 e. The van der Waals surface area contributed by atoms with Gasteiger partial charge in [0.2, 0.25) is 0 Å². The van der Waals surface area contributed by atoms with Crippen molar-refractivity contribution in [2.24, 2.45) is 0 Å². The maximum Gasteiger partial charge on any atom is 0.343 e. The number of hydrogen-bond donors (Lipinski definition) is 4. The second-order valence-electron chi connectivity index (χ2n) is 8.07. The van der Waals surface area contributed by atoms with Crippen LogP contribution in [0.3, 0.4) is 0 Å². The van der Waals surface area contributed by atoms with Gasteiger partial charge in [-0.2, -0.15) is 0 Å². The summed E-state index contributed by atoms with van der Waals surface area (Å²) in [6.45, 7) is 0. The molecule has 0 saturated carbocycles. The molecule has 35 heavy (non-hydrogen) atoms. The first-order chi connectivity index (χ1) is 16.9. The molecule has 6 N–H and O–H groups in total. The van der Waals surface area contributed by atoms with Crippen LogP contribution in [-0.4, -0.2) is 21.2 Å². The molecule has 0 aliphatic carbocycles. The number of phenols is 2. The molecule has 7 heteroatoms. The molecular weight excluding hydrogens is 442 g/mol. The predicted molar refractivity (Wildman–Crippen MR) is 136 cm³/mol. The van der Waals surface area contributed by atoms with Gasteiger partial charge in [0.05, 0.1) is 16.9 Å². The van der Waals surface area contributed by atoms with Crippen LogP contribution >= 0.6 is 0 Å². The van der Waals surface area contributed by atoms with Crippen LogP contribution < -0.4 is 16.2 Å². The van der Waals surface area contributed by atoms with E-state index in [-0.39, 0.29) is 28.4 Å². The van der Waals surface area contributed by atoms with Gasteiger partial charge in [0.1, 0.15) is 17.0 Å². The number of aromatic nitrogens is 1. The van der Waals surface area contributed by atoms with Crippen molar-refractivity contribution in [1.82, 2.24) is 4.98 Å². The van der Waals surface area contributed by atoms with Gasteiger partial charge < -0.3 is 26.4 Å². The smallest absolute Gasteiger partial charge is 0.343 e. The molecule has 0 saturated heterocycles. The van der Waals surface area contributed by atoms with Crippen LogP contribution in [0.4, 0.5) is 11.4 Å². The Kier molecular flexibility index (Phi) is 5.43. The molecule has 1 heterocycles. The third-order valence-corrected chi connectivity index (χ3v) is 5.69. The molecule has 0 bridgehead atoms. The lowest BCUT2D eigenvalue weighted by Crippen LogP contribution is -2.09. The third-order valence-electron chi connectivity index (χ3n) is 5.69. The van der Waals surface area contributed by atoms with Gasteiger partial charge >= 0.3 is 5.97 Å². The lowest BCUT2D eigenvalue weighted by Gasteiger charge is -2.12. The first-order valence-electron chi connectivity index (χ1n) is 10.8. The van der Waals surface area contributed by atoms with Gasteiger partial charge in [-0.25, -0.2) is 4.79 Å². The number of carbonyl (C=O) groups is 1. The molecule has 0 radical (unpaired) electrons. The van der Waals surface area contributed by atoms with Crippen molar-refractivity contribution < 1.29 is 19.7 Å². The highest BCUT2D eigenvalue weighted by Gasteiger charge is 2.16. The summed E-state index contributed by atoms with van der Waals surface area (Å²) in [7, 11) is 0. The number of carbonyl (C=O) groups excluding carboxylic acids is 1. The monoisotopic (exact) mass is 463 g/mol. The second-order valence-corrected chi connectivity index (χ2v) is 8.07. The van der Waals surface area contributed by atoms with Crippen molar-refractivity contribution in [3.05, 3.63) is 96.7 Å². The number of fused-ring (bicyclic) bond motifs is 1. The number of ether oxygens (including phenoxy) is 1. The number of aromatic hydroxyl groups is 2. The molecule has 4 aromatic carbocycles. The number of phenolic OH excluding ortho intramolecular Hbond substituents is 2. The number of esters is 1. The largest absolute Gasteiger partial charge is 0.506 e. The molecular formula is C28H21N3O4. The number of benzene rings is 4. The van der Waals surface area contributed by atoms with Gasteiger partial charge in [-0.05, 0) is 76.9 Å². The van der Waals surface area contributed by atoms with Crippen molar-refractivity contribution in [2.45, 2.75) is 0 Å². The Morgan fingerprint density at radius 3 is 1.91 bits per heavy atom. The molecule has 0 fully saturated rings. The highest BCUT2D eigenvalue weighted by atomic mass is 16.5. The lowest BCUT2D eigenvalue weighted by atomic mass is 9.95. The fourth-order valence-electron chi connectivity index (χ4n) is 3.84. The normalized spacial score (nSPS) is 10.9. The Morgan fingerprint density at radius 1 is 0.714 bits per heavy atom. The number of hydrogen-bond acceptors (Lipinski definition) is 7. The Labute approximate surface area is 200 Å². The summed E-state index contributed by atoms with van der Waals surface area (Å²) >= 11 is 0. The SMILES string of the molecule is Nc1ccc(-c2cc(C(=O)Oc3cccc4cccnc34)cc(-c3ccc(N)c(O)c3)c2)cc1O. The molecule has 0 amide bonds. The number of nitrogens with two attached hydrogens (primary N) is 2. The van der Waals surface area contributed by atoms with E-state index in [1.54, 1.807) is 54.7 Å². The Morgan fingerprint density at radius 2 is 1.31 bits per heavy atom. The molecule has 0 aliphatic rings. The summed E-state index contributed by atoms with van der Waals surface area (Å²) in [4.78, 5) is 17.6. The van der Waals surface area contributed by atoms with Crippen molar-refractivity contribution >= 4 is 28.2 Å². The molecule has 172 valence electrons. The molecule has 7 nitrogen and oxygen atoms in total. The van der Waals surface area contributed by atoms with Crippen LogP contribution in [0.25, 0.3) is 33.2 Å². The Balaban J connectivity index is 1.61. The zero-order chi connectivity index (χ0) is 24.5. The summed E-state index contributed by atoms with van der Waals surface area (Å²) in [6, 6.07) is 24.0. The van der Waals surface area contributed by atoms with Gasteiger partial charge in [0, 0.05) is 11.6 Å². The second kappa shape index (κ2) is 8.72. The van der Waals surface area contributed by atoms with Crippen molar-refractivity contribution in [1.29, 1.82) is 0 Å². The first kappa shape index (κ1) is 21.8. The van der Waals surface area contributed by atoms with E-state index in [4.69, 9.17) is 16.2 Å². The summed E-state index contributed by atoms with van der Waals surface area (Å²) in [5.74, 6) is -0.367. The van der Waals surface area contributed by atoms with E-state index in [9.17, 15) is 15.0 Å². The number of rotatable bonds is 4. The van der Waals surface area contributed by atoms with Crippen LogP contribution in [-0.2, 0) is 0 Å². The average Bonchev–Trinajstić information content (AvgIpc) is 2.87. The van der Waals surface area contributed by atoms with Crippen molar-refractivity contribution in [3.63, 3.8) is 0 Å². The topological polar surface area (TPSA) is 132 Å². The van der Waals surface area contributed by atoms with Crippen LogP contribution in [0, 0.1) is 0 Å². The number of pyridine rings is 1. The Hall–Kier alpha value is -5.04. The van der Waals surface area contributed by atoms with E-state index in [0.29, 0.717) is 33.5 Å².